The molecule has 0 aliphatic heterocycles. The second-order valence-electron chi connectivity index (χ2n) is 3.04. The summed E-state index contributed by atoms with van der Waals surface area (Å²) in [7, 11) is 1.96. The van der Waals surface area contributed by atoms with Crippen LogP contribution in [-0.4, -0.2) is 12.6 Å². The van der Waals surface area contributed by atoms with Crippen molar-refractivity contribution in [2.24, 2.45) is 0 Å². The molecule has 1 fully saturated rings. The second kappa shape index (κ2) is 4.64. The lowest BCUT2D eigenvalue weighted by atomic mass is 9.83. The Morgan fingerprint density at radius 3 is 2.09 bits per heavy atom. The number of hydrogen-bond donors (Lipinski definition) is 1. The third-order valence-corrected chi connectivity index (χ3v) is 2.46. The van der Waals surface area contributed by atoms with Gasteiger partial charge in [0.25, 0.3) is 0 Å². The van der Waals surface area contributed by atoms with Crippen molar-refractivity contribution in [3.63, 3.8) is 0 Å². The van der Waals surface area contributed by atoms with E-state index in [1.54, 1.807) is 0 Å². The van der Waals surface area contributed by atoms with Crippen LogP contribution in [0.25, 0.3) is 0 Å². The Hall–Kier alpha value is -0.190. The third kappa shape index (κ3) is 2.39. The first-order valence-electron chi connectivity index (χ1n) is 4.00. The van der Waals surface area contributed by atoms with E-state index < -0.39 is 0 Å². The van der Waals surface area contributed by atoms with Gasteiger partial charge in [-0.1, -0.05) is 25.2 Å². The zero-order chi connectivity index (χ0) is 7.45. The largest absolute Gasteiger partial charge is 0.304 e. The molecule has 1 rings (SSSR count). The van der Waals surface area contributed by atoms with E-state index in [0.717, 1.165) is 12.8 Å². The van der Waals surface area contributed by atoms with E-state index in [0.29, 0.717) is 0 Å². The molecule has 1 saturated carbocycles. The van der Waals surface area contributed by atoms with Gasteiger partial charge in [-0.05, 0) is 19.9 Å². The molecular weight excluding hydrogens is 158 g/mol. The van der Waals surface area contributed by atoms with Crippen LogP contribution < -0.4 is 5.32 Å². The highest BCUT2D eigenvalue weighted by Gasteiger charge is 2.26. The van der Waals surface area contributed by atoms with Crippen molar-refractivity contribution in [3.8, 4) is 12.3 Å². The van der Waals surface area contributed by atoms with Crippen LogP contribution in [0.2, 0.25) is 0 Å². The lowest BCUT2D eigenvalue weighted by Gasteiger charge is -2.31. The van der Waals surface area contributed by atoms with Gasteiger partial charge >= 0.3 is 0 Å². The van der Waals surface area contributed by atoms with Gasteiger partial charge in [0.2, 0.25) is 0 Å². The van der Waals surface area contributed by atoms with Crippen LogP contribution in [0.1, 0.15) is 32.1 Å². The van der Waals surface area contributed by atoms with E-state index in [1.165, 1.54) is 19.3 Å². The maximum absolute atomic E-state index is 5.44. The molecule has 0 atom stereocenters. The Bertz CT molecular complexity index is 142. The average molecular weight is 174 g/mol. The Morgan fingerprint density at radius 2 is 1.82 bits per heavy atom. The molecule has 0 radical (unpaired) electrons. The highest BCUT2D eigenvalue weighted by atomic mass is 35.5. The minimum Gasteiger partial charge on any atom is -0.304 e. The molecule has 0 heterocycles. The van der Waals surface area contributed by atoms with Crippen molar-refractivity contribution >= 4 is 12.4 Å². The highest BCUT2D eigenvalue weighted by molar-refractivity contribution is 5.85. The molecule has 1 aliphatic carbocycles. The summed E-state index contributed by atoms with van der Waals surface area (Å²) in [5, 5.41) is 3.23. The predicted molar refractivity (Wildman–Crippen MR) is 51.0 cm³/mol. The Kier molecular flexibility index (Phi) is 4.56. The molecule has 0 aromatic rings. The lowest BCUT2D eigenvalue weighted by molar-refractivity contribution is 0.320. The molecule has 1 N–H and O–H groups in total. The van der Waals surface area contributed by atoms with Crippen molar-refractivity contribution in [1.82, 2.24) is 5.32 Å². The van der Waals surface area contributed by atoms with Crippen LogP contribution in [0.5, 0.6) is 0 Å². The van der Waals surface area contributed by atoms with Crippen LogP contribution in [0.3, 0.4) is 0 Å². The van der Waals surface area contributed by atoms with Gasteiger partial charge in [-0.2, -0.15) is 0 Å². The van der Waals surface area contributed by atoms with Gasteiger partial charge in [0.1, 0.15) is 0 Å². The summed E-state index contributed by atoms with van der Waals surface area (Å²) < 4.78 is 0. The molecule has 11 heavy (non-hydrogen) atoms. The fourth-order valence-electron chi connectivity index (χ4n) is 1.62. The van der Waals surface area contributed by atoms with Crippen LogP contribution in [0, 0.1) is 12.3 Å². The summed E-state index contributed by atoms with van der Waals surface area (Å²) in [4.78, 5) is 0. The molecule has 0 aromatic heterocycles. The van der Waals surface area contributed by atoms with Gasteiger partial charge in [0, 0.05) is 0 Å². The molecule has 1 aliphatic rings. The Labute approximate surface area is 75.4 Å². The smallest absolute Gasteiger partial charge is 0.0795 e. The van der Waals surface area contributed by atoms with Crippen molar-refractivity contribution in [2.75, 3.05) is 7.05 Å². The first kappa shape index (κ1) is 10.8. The SMILES string of the molecule is C#CC1(NC)CCCCC1.Cl. The predicted octanol–water partition coefficient (Wildman–Crippen LogP) is 1.96. The molecule has 0 amide bonds. The number of halogens is 1. The van der Waals surface area contributed by atoms with Crippen LogP contribution in [-0.2, 0) is 0 Å². The number of terminal acetylenes is 1. The van der Waals surface area contributed by atoms with Crippen molar-refractivity contribution in [3.05, 3.63) is 0 Å². The summed E-state index contributed by atoms with van der Waals surface area (Å²) in [6.45, 7) is 0. The molecular formula is C9H16ClN. The standard InChI is InChI=1S/C9H15N.ClH/c1-3-9(10-2)7-5-4-6-8-9;/h1,10H,4-8H2,2H3;1H. The monoisotopic (exact) mass is 173 g/mol. The molecule has 0 saturated heterocycles. The Balaban J connectivity index is 0.000001000. The van der Waals surface area contributed by atoms with E-state index >= 15 is 0 Å². The zero-order valence-corrected chi connectivity index (χ0v) is 7.84. The average Bonchev–Trinajstić information content (AvgIpc) is 2.06. The van der Waals surface area contributed by atoms with E-state index in [4.69, 9.17) is 6.42 Å². The maximum atomic E-state index is 5.44. The van der Waals surface area contributed by atoms with Gasteiger partial charge in [-0.25, -0.2) is 0 Å². The number of rotatable bonds is 1. The number of nitrogens with one attached hydrogen (secondary N) is 1. The summed E-state index contributed by atoms with van der Waals surface area (Å²) in [6, 6.07) is 0. The summed E-state index contributed by atoms with van der Waals surface area (Å²) in [5.41, 5.74) is 0.0399. The topological polar surface area (TPSA) is 12.0 Å². The molecule has 1 nitrogen and oxygen atoms in total. The van der Waals surface area contributed by atoms with Gasteiger partial charge < -0.3 is 5.32 Å². The Morgan fingerprint density at radius 1 is 1.27 bits per heavy atom. The summed E-state index contributed by atoms with van der Waals surface area (Å²) in [6.07, 6.45) is 11.7. The van der Waals surface area contributed by atoms with E-state index in [1.807, 2.05) is 7.05 Å². The normalized spacial score (nSPS) is 21.5. The van der Waals surface area contributed by atoms with Gasteiger partial charge in [0.15, 0.2) is 0 Å². The second-order valence-corrected chi connectivity index (χ2v) is 3.04. The van der Waals surface area contributed by atoms with Gasteiger partial charge in [-0.3, -0.25) is 0 Å². The molecule has 0 spiro atoms. The van der Waals surface area contributed by atoms with Crippen molar-refractivity contribution in [1.29, 1.82) is 0 Å². The zero-order valence-electron chi connectivity index (χ0n) is 7.02. The molecule has 64 valence electrons. The van der Waals surface area contributed by atoms with E-state index in [2.05, 4.69) is 11.2 Å². The minimum atomic E-state index is 0. The first-order chi connectivity index (χ1) is 4.83. The summed E-state index contributed by atoms with van der Waals surface area (Å²) in [5.74, 6) is 2.86. The maximum Gasteiger partial charge on any atom is 0.0795 e. The van der Waals surface area contributed by atoms with Gasteiger partial charge in [-0.15, -0.1) is 18.8 Å². The van der Waals surface area contributed by atoms with Gasteiger partial charge in [0.05, 0.1) is 5.54 Å². The van der Waals surface area contributed by atoms with E-state index in [9.17, 15) is 0 Å². The number of hydrogen-bond acceptors (Lipinski definition) is 1. The molecule has 2 heteroatoms. The van der Waals surface area contributed by atoms with E-state index in [-0.39, 0.29) is 17.9 Å². The minimum absolute atomic E-state index is 0. The van der Waals surface area contributed by atoms with Crippen LogP contribution in [0.4, 0.5) is 0 Å². The summed E-state index contributed by atoms with van der Waals surface area (Å²) >= 11 is 0. The van der Waals surface area contributed by atoms with Crippen molar-refractivity contribution < 1.29 is 0 Å². The molecule has 0 aromatic carbocycles. The fraction of sp³-hybridized carbons (Fsp3) is 0.778. The quantitative estimate of drug-likeness (QED) is 0.598. The van der Waals surface area contributed by atoms with Crippen molar-refractivity contribution in [2.45, 2.75) is 37.6 Å². The van der Waals surface area contributed by atoms with Crippen LogP contribution >= 0.6 is 12.4 Å². The molecule has 0 bridgehead atoms. The fourth-order valence-corrected chi connectivity index (χ4v) is 1.62. The lowest BCUT2D eigenvalue weighted by Crippen LogP contribution is -2.42. The van der Waals surface area contributed by atoms with Crippen LogP contribution in [0.15, 0.2) is 0 Å². The third-order valence-electron chi connectivity index (χ3n) is 2.46. The highest BCUT2D eigenvalue weighted by Crippen LogP contribution is 2.26. The molecule has 0 unspecified atom stereocenters. The first-order valence-corrected chi connectivity index (χ1v) is 4.00.